The lowest BCUT2D eigenvalue weighted by Gasteiger charge is -2.53. The van der Waals surface area contributed by atoms with Crippen molar-refractivity contribution in [2.45, 2.75) is 76.7 Å². The van der Waals surface area contributed by atoms with Gasteiger partial charge in [-0.05, 0) is 53.4 Å². The van der Waals surface area contributed by atoms with Crippen LogP contribution in [-0.2, 0) is 14.3 Å². The van der Waals surface area contributed by atoms with Gasteiger partial charge in [-0.3, -0.25) is 14.5 Å². The van der Waals surface area contributed by atoms with Crippen molar-refractivity contribution in [1.29, 1.82) is 0 Å². The molecule has 8 nitrogen and oxygen atoms in total. The van der Waals surface area contributed by atoms with Gasteiger partial charge in [-0.15, -0.1) is 0 Å². The molecule has 3 aliphatic heterocycles. The number of hydrogen-bond donors (Lipinski definition) is 1. The zero-order valence-corrected chi connectivity index (χ0v) is 16.7. The lowest BCUT2D eigenvalue weighted by molar-refractivity contribution is -0.174. The van der Waals surface area contributed by atoms with Gasteiger partial charge in [0, 0.05) is 19.6 Å². The number of carbonyl (C=O) groups excluding carboxylic acids is 3. The fourth-order valence-corrected chi connectivity index (χ4v) is 4.40. The monoisotopic (exact) mass is 381 g/mol. The zero-order valence-electron chi connectivity index (χ0n) is 16.7. The lowest BCUT2D eigenvalue weighted by atomic mass is 9.83. The third kappa shape index (κ3) is 3.51. The van der Waals surface area contributed by atoms with Crippen LogP contribution >= 0.6 is 0 Å². The highest BCUT2D eigenvalue weighted by Crippen LogP contribution is 2.41. The molecule has 0 aliphatic carbocycles. The maximum absolute atomic E-state index is 13.1. The molecule has 27 heavy (non-hydrogen) atoms. The Balaban J connectivity index is 1.75. The number of likely N-dealkylation sites (tertiary alicyclic amines) is 3. The summed E-state index contributed by atoms with van der Waals surface area (Å²) in [5.74, 6) is -0.461. The molecule has 3 amide bonds. The Morgan fingerprint density at radius 2 is 1.78 bits per heavy atom. The first-order valence-corrected chi connectivity index (χ1v) is 9.85. The minimum absolute atomic E-state index is 0.201. The van der Waals surface area contributed by atoms with Gasteiger partial charge in [0.2, 0.25) is 5.91 Å². The van der Waals surface area contributed by atoms with E-state index in [0.29, 0.717) is 26.1 Å². The highest BCUT2D eigenvalue weighted by Gasteiger charge is 2.63. The largest absolute Gasteiger partial charge is 0.444 e. The molecular weight excluding hydrogens is 350 g/mol. The number of β-lactam (4-membered cyclic amide) rings is 1. The smallest absolute Gasteiger partial charge is 0.411 e. The molecular formula is C19H31N3O5. The molecule has 3 fully saturated rings. The standard InChI is InChI=1S/C19H31N3O5/c1-13(23)14(15(24)20-9-5-6-10-20)21-12-19(16(21)25)8-7-11-22(19)17(26)27-18(2,3)4/h13-14,23H,5-12H2,1-4H3/t13-,14+,19?/m1/s1. The summed E-state index contributed by atoms with van der Waals surface area (Å²) in [6, 6.07) is -0.887. The fourth-order valence-electron chi connectivity index (χ4n) is 4.40. The molecule has 152 valence electrons. The average molecular weight is 381 g/mol. The summed E-state index contributed by atoms with van der Waals surface area (Å²) in [5, 5.41) is 10.2. The molecule has 0 aromatic rings. The van der Waals surface area contributed by atoms with Crippen molar-refractivity contribution < 1.29 is 24.2 Å². The molecule has 1 N–H and O–H groups in total. The SMILES string of the molecule is C[C@@H](O)[C@@H](C(=O)N1CCCC1)N1CC2(CCCN2C(=O)OC(C)(C)C)C1=O. The number of amides is 3. The van der Waals surface area contributed by atoms with Crippen LogP contribution in [0.5, 0.6) is 0 Å². The molecule has 0 saturated carbocycles. The van der Waals surface area contributed by atoms with E-state index >= 15 is 0 Å². The summed E-state index contributed by atoms with van der Waals surface area (Å²) in [6.07, 6.45) is 1.72. The Hall–Kier alpha value is -1.83. The normalized spacial score (nSPS) is 27.7. The Kier molecular flexibility index (Phi) is 5.14. The van der Waals surface area contributed by atoms with Crippen molar-refractivity contribution in [3.05, 3.63) is 0 Å². The predicted octanol–water partition coefficient (Wildman–Crippen LogP) is 0.970. The van der Waals surface area contributed by atoms with Crippen LogP contribution in [0.1, 0.15) is 53.4 Å². The summed E-state index contributed by atoms with van der Waals surface area (Å²) in [4.78, 5) is 43.2. The molecule has 0 radical (unpaired) electrons. The van der Waals surface area contributed by atoms with Crippen LogP contribution in [0.3, 0.4) is 0 Å². The van der Waals surface area contributed by atoms with E-state index in [0.717, 1.165) is 19.3 Å². The van der Waals surface area contributed by atoms with E-state index in [9.17, 15) is 19.5 Å². The minimum atomic E-state index is -0.962. The van der Waals surface area contributed by atoms with E-state index in [4.69, 9.17) is 4.74 Å². The van der Waals surface area contributed by atoms with Crippen LogP contribution in [0.15, 0.2) is 0 Å². The van der Waals surface area contributed by atoms with Crippen LogP contribution < -0.4 is 0 Å². The second-order valence-corrected chi connectivity index (χ2v) is 8.92. The number of ether oxygens (including phenoxy) is 1. The van der Waals surface area contributed by atoms with Gasteiger partial charge in [-0.25, -0.2) is 4.79 Å². The number of rotatable bonds is 3. The van der Waals surface area contributed by atoms with Gasteiger partial charge in [-0.2, -0.15) is 0 Å². The predicted molar refractivity (Wildman–Crippen MR) is 97.9 cm³/mol. The average Bonchev–Trinajstić information content (AvgIpc) is 3.22. The molecule has 1 spiro atoms. The van der Waals surface area contributed by atoms with Gasteiger partial charge in [-0.1, -0.05) is 0 Å². The third-order valence-corrected chi connectivity index (χ3v) is 5.66. The first-order chi connectivity index (χ1) is 12.6. The second-order valence-electron chi connectivity index (χ2n) is 8.92. The van der Waals surface area contributed by atoms with Gasteiger partial charge in [0.25, 0.3) is 5.91 Å². The van der Waals surface area contributed by atoms with Gasteiger partial charge >= 0.3 is 6.09 Å². The maximum atomic E-state index is 13.1. The zero-order chi connectivity index (χ0) is 20.0. The molecule has 3 aliphatic rings. The van der Waals surface area contributed by atoms with Crippen LogP contribution in [0.4, 0.5) is 4.79 Å². The molecule has 0 aromatic carbocycles. The topological polar surface area (TPSA) is 90.4 Å². The van der Waals surface area contributed by atoms with Crippen molar-refractivity contribution >= 4 is 17.9 Å². The van der Waals surface area contributed by atoms with Gasteiger partial charge < -0.3 is 19.6 Å². The summed E-state index contributed by atoms with van der Waals surface area (Å²) < 4.78 is 5.46. The summed E-state index contributed by atoms with van der Waals surface area (Å²) in [5.41, 5.74) is -1.57. The van der Waals surface area contributed by atoms with Crippen molar-refractivity contribution in [1.82, 2.24) is 14.7 Å². The molecule has 0 bridgehead atoms. The van der Waals surface area contributed by atoms with Crippen molar-refractivity contribution in [3.63, 3.8) is 0 Å². The molecule has 1 unspecified atom stereocenters. The molecule has 0 aromatic heterocycles. The number of aliphatic hydroxyl groups excluding tert-OH is 1. The molecule has 3 rings (SSSR count). The Morgan fingerprint density at radius 1 is 1.15 bits per heavy atom. The highest BCUT2D eigenvalue weighted by molar-refractivity contribution is 5.99. The maximum Gasteiger partial charge on any atom is 0.411 e. The number of nitrogens with zero attached hydrogens (tertiary/aromatic N) is 3. The fraction of sp³-hybridized carbons (Fsp3) is 0.842. The first kappa shape index (κ1) is 19.9. The summed E-state index contributed by atoms with van der Waals surface area (Å²) in [6.45, 7) is 8.98. The first-order valence-electron chi connectivity index (χ1n) is 9.85. The quantitative estimate of drug-likeness (QED) is 0.736. The van der Waals surface area contributed by atoms with Crippen LogP contribution in [0.25, 0.3) is 0 Å². The summed E-state index contributed by atoms with van der Waals surface area (Å²) >= 11 is 0. The van der Waals surface area contributed by atoms with E-state index < -0.39 is 29.4 Å². The number of aliphatic hydroxyl groups is 1. The minimum Gasteiger partial charge on any atom is -0.444 e. The Bertz CT molecular complexity index is 623. The van der Waals surface area contributed by atoms with Crippen LogP contribution in [0.2, 0.25) is 0 Å². The molecule has 3 atom stereocenters. The Labute approximate surface area is 160 Å². The van der Waals surface area contributed by atoms with E-state index in [1.165, 1.54) is 16.7 Å². The van der Waals surface area contributed by atoms with Crippen LogP contribution in [0, 0.1) is 0 Å². The van der Waals surface area contributed by atoms with Gasteiger partial charge in [0.15, 0.2) is 0 Å². The number of hydrogen-bond acceptors (Lipinski definition) is 5. The summed E-state index contributed by atoms with van der Waals surface area (Å²) in [7, 11) is 0. The third-order valence-electron chi connectivity index (χ3n) is 5.66. The lowest BCUT2D eigenvalue weighted by Crippen LogP contribution is -2.77. The molecule has 8 heteroatoms. The Morgan fingerprint density at radius 3 is 2.30 bits per heavy atom. The highest BCUT2D eigenvalue weighted by atomic mass is 16.6. The molecule has 3 heterocycles. The van der Waals surface area contributed by atoms with E-state index in [-0.39, 0.29) is 18.4 Å². The van der Waals surface area contributed by atoms with E-state index in [1.807, 2.05) is 0 Å². The van der Waals surface area contributed by atoms with E-state index in [2.05, 4.69) is 0 Å². The van der Waals surface area contributed by atoms with Crippen molar-refractivity contribution in [2.75, 3.05) is 26.2 Å². The second kappa shape index (κ2) is 6.96. The van der Waals surface area contributed by atoms with Gasteiger partial charge in [0.05, 0.1) is 12.6 Å². The van der Waals surface area contributed by atoms with Crippen molar-refractivity contribution in [2.24, 2.45) is 0 Å². The molecule has 3 saturated heterocycles. The van der Waals surface area contributed by atoms with Crippen LogP contribution in [-0.4, -0.2) is 87.2 Å². The number of carbonyl (C=O) groups is 3. The van der Waals surface area contributed by atoms with Gasteiger partial charge in [0.1, 0.15) is 17.2 Å². The van der Waals surface area contributed by atoms with Crippen molar-refractivity contribution in [3.8, 4) is 0 Å². The van der Waals surface area contributed by atoms with E-state index in [1.54, 1.807) is 25.7 Å².